The van der Waals surface area contributed by atoms with Gasteiger partial charge in [0.2, 0.25) is 10.0 Å². The number of sulfonamides is 1. The van der Waals surface area contributed by atoms with Crippen LogP contribution in [0.3, 0.4) is 0 Å². The minimum Gasteiger partial charge on any atom is -0.481 e. The number of hydrogen-bond acceptors (Lipinski definition) is 5. The molecule has 2 aromatic carbocycles. The van der Waals surface area contributed by atoms with Crippen LogP contribution in [0.5, 0.6) is 0 Å². The van der Waals surface area contributed by atoms with E-state index in [4.69, 9.17) is 10.6 Å². The molecule has 0 saturated carbocycles. The summed E-state index contributed by atoms with van der Waals surface area (Å²) in [5.74, 6) is -1.36. The van der Waals surface area contributed by atoms with Crippen LogP contribution in [0.15, 0.2) is 46.4 Å². The first-order chi connectivity index (χ1) is 17.8. The summed E-state index contributed by atoms with van der Waals surface area (Å²) < 4.78 is 29.8. The third-order valence-corrected chi connectivity index (χ3v) is 7.69. The van der Waals surface area contributed by atoms with Crippen molar-refractivity contribution in [2.45, 2.75) is 83.2 Å². The lowest BCUT2D eigenvalue weighted by molar-refractivity contribution is -0.137. The molecule has 10 nitrogen and oxygen atoms in total. The fourth-order valence-electron chi connectivity index (χ4n) is 4.00. The van der Waals surface area contributed by atoms with Gasteiger partial charge in [-0.05, 0) is 57.7 Å². The monoisotopic (exact) mass is 543 g/mol. The summed E-state index contributed by atoms with van der Waals surface area (Å²) in [5, 5.41) is 14.9. The highest BCUT2D eigenvalue weighted by molar-refractivity contribution is 7.89. The van der Waals surface area contributed by atoms with Crippen molar-refractivity contribution in [3.63, 3.8) is 0 Å². The molecule has 0 aliphatic carbocycles. The van der Waals surface area contributed by atoms with Gasteiger partial charge in [-0.2, -0.15) is 0 Å². The zero-order valence-corrected chi connectivity index (χ0v) is 23.5. The van der Waals surface area contributed by atoms with Gasteiger partial charge in [0, 0.05) is 29.6 Å². The minimum atomic E-state index is -3.84. The fourth-order valence-corrected chi connectivity index (χ4v) is 5.71. The number of carbonyl (C=O) groups is 2. The Balaban J connectivity index is 2.25. The third kappa shape index (κ3) is 8.31. The molecule has 0 heterocycles. The highest BCUT2D eigenvalue weighted by Gasteiger charge is 2.27. The van der Waals surface area contributed by atoms with E-state index in [1.165, 1.54) is 12.1 Å². The molecule has 3 N–H and O–H groups in total. The van der Waals surface area contributed by atoms with Crippen molar-refractivity contribution in [1.29, 1.82) is 0 Å². The number of nitrogens with zero attached hydrogens (tertiary/aromatic N) is 3. The Labute approximate surface area is 224 Å². The molecule has 2 rings (SSSR count). The van der Waals surface area contributed by atoms with Crippen LogP contribution < -0.4 is 10.0 Å². The number of carboxylic acid groups (broad SMARTS) is 1. The molecule has 0 unspecified atom stereocenters. The van der Waals surface area contributed by atoms with Gasteiger partial charge in [0.15, 0.2) is 0 Å². The van der Waals surface area contributed by atoms with E-state index in [9.17, 15) is 18.0 Å². The minimum absolute atomic E-state index is 0.0133. The van der Waals surface area contributed by atoms with Crippen LogP contribution in [0, 0.1) is 0 Å². The summed E-state index contributed by atoms with van der Waals surface area (Å²) in [6, 6.07) is 9.44. The number of nitrogens with one attached hydrogen (secondary N) is 2. The van der Waals surface area contributed by atoms with Crippen molar-refractivity contribution < 1.29 is 23.1 Å². The molecule has 38 heavy (non-hydrogen) atoms. The molecule has 0 aromatic heterocycles. The molecule has 0 radical (unpaired) electrons. The number of benzene rings is 2. The van der Waals surface area contributed by atoms with Crippen molar-refractivity contribution in [1.82, 2.24) is 10.0 Å². The number of carboxylic acids is 1. The van der Waals surface area contributed by atoms with Gasteiger partial charge >= 0.3 is 5.97 Å². The maximum atomic E-state index is 13.6. The van der Waals surface area contributed by atoms with Gasteiger partial charge in [0.1, 0.15) is 0 Å². The Kier molecular flexibility index (Phi) is 10.9. The van der Waals surface area contributed by atoms with Crippen LogP contribution in [-0.2, 0) is 21.4 Å². The molecule has 206 valence electrons. The van der Waals surface area contributed by atoms with Gasteiger partial charge in [-0.1, -0.05) is 70.9 Å². The zero-order chi connectivity index (χ0) is 28.6. The van der Waals surface area contributed by atoms with Gasteiger partial charge in [-0.25, -0.2) is 13.1 Å². The second-order valence-corrected chi connectivity index (χ2v) is 11.9. The summed E-state index contributed by atoms with van der Waals surface area (Å²) in [6.07, 6.45) is -0.389. The number of amides is 1. The maximum Gasteiger partial charge on any atom is 0.305 e. The van der Waals surface area contributed by atoms with E-state index in [1.54, 1.807) is 12.1 Å². The Bertz CT molecular complexity index is 1260. The SMILES string of the molecule is CC(C)c1cc(C(C)C)c(S(=O)(=O)NCc2ccc(C(=O)N[C@H](CN=[N+]=[N-])CC(=O)O)cc2)c(C(C)C)c1. The zero-order valence-electron chi connectivity index (χ0n) is 22.7. The van der Waals surface area contributed by atoms with Gasteiger partial charge in [0.25, 0.3) is 5.91 Å². The Morgan fingerprint density at radius 3 is 1.97 bits per heavy atom. The van der Waals surface area contributed by atoms with Gasteiger partial charge in [0.05, 0.1) is 11.3 Å². The molecule has 0 spiro atoms. The predicted molar refractivity (Wildman–Crippen MR) is 147 cm³/mol. The average molecular weight is 544 g/mol. The first kappa shape index (κ1) is 30.8. The number of rotatable bonds is 13. The highest BCUT2D eigenvalue weighted by atomic mass is 32.2. The highest BCUT2D eigenvalue weighted by Crippen LogP contribution is 2.35. The van der Waals surface area contributed by atoms with Crippen molar-refractivity contribution in [3.05, 3.63) is 74.7 Å². The predicted octanol–water partition coefficient (Wildman–Crippen LogP) is 5.42. The second kappa shape index (κ2) is 13.4. The quantitative estimate of drug-likeness (QED) is 0.174. The van der Waals surface area contributed by atoms with E-state index in [0.717, 1.165) is 16.7 Å². The first-order valence-electron chi connectivity index (χ1n) is 12.6. The van der Waals surface area contributed by atoms with Crippen LogP contribution in [0.4, 0.5) is 0 Å². The van der Waals surface area contributed by atoms with E-state index in [1.807, 2.05) is 39.8 Å². The molecule has 11 heteroatoms. The lowest BCUT2D eigenvalue weighted by atomic mass is 9.89. The van der Waals surface area contributed by atoms with Crippen molar-refractivity contribution in [3.8, 4) is 0 Å². The Morgan fingerprint density at radius 2 is 1.53 bits per heavy atom. The average Bonchev–Trinajstić information content (AvgIpc) is 2.85. The fraction of sp³-hybridized carbons (Fsp3) is 0.481. The van der Waals surface area contributed by atoms with Gasteiger partial charge < -0.3 is 10.4 Å². The van der Waals surface area contributed by atoms with E-state index < -0.39 is 27.9 Å². The van der Waals surface area contributed by atoms with E-state index >= 15 is 0 Å². The number of hydrogen-bond donors (Lipinski definition) is 3. The molecular weight excluding hydrogens is 506 g/mol. The molecule has 0 aliphatic rings. The van der Waals surface area contributed by atoms with Crippen molar-refractivity contribution in [2.24, 2.45) is 5.11 Å². The standard InChI is InChI=1S/C27H37N5O5S/c1-16(2)21-11-23(17(3)4)26(24(12-21)18(5)6)38(36,37)30-14-19-7-9-20(10-8-19)27(35)31-22(13-25(33)34)15-29-32-28/h7-12,16-18,22,30H,13-15H2,1-6H3,(H,31,35)(H,33,34)/t22-/m0/s1. The summed E-state index contributed by atoms with van der Waals surface area (Å²) >= 11 is 0. The lowest BCUT2D eigenvalue weighted by Gasteiger charge is -2.23. The van der Waals surface area contributed by atoms with Crippen LogP contribution in [0.25, 0.3) is 10.4 Å². The van der Waals surface area contributed by atoms with E-state index in [-0.39, 0.29) is 42.8 Å². The van der Waals surface area contributed by atoms with Crippen molar-refractivity contribution in [2.75, 3.05) is 6.54 Å². The smallest absolute Gasteiger partial charge is 0.305 e. The largest absolute Gasteiger partial charge is 0.481 e. The first-order valence-corrected chi connectivity index (χ1v) is 14.0. The topological polar surface area (TPSA) is 161 Å². The van der Waals surface area contributed by atoms with Crippen LogP contribution in [0.2, 0.25) is 0 Å². The molecule has 1 amide bonds. The van der Waals surface area contributed by atoms with Gasteiger partial charge in [-0.15, -0.1) is 0 Å². The summed E-state index contributed by atoms with van der Waals surface area (Å²) in [7, 11) is -3.84. The lowest BCUT2D eigenvalue weighted by Crippen LogP contribution is -2.38. The van der Waals surface area contributed by atoms with Crippen LogP contribution in [0.1, 0.15) is 98.3 Å². The molecular formula is C27H37N5O5S. The second-order valence-electron chi connectivity index (χ2n) is 10.2. The molecule has 1 atom stereocenters. The van der Waals surface area contributed by atoms with Crippen LogP contribution in [-0.4, -0.2) is 38.0 Å². The Hall–Kier alpha value is -3.40. The van der Waals surface area contributed by atoms with E-state index in [0.29, 0.717) is 10.5 Å². The summed E-state index contributed by atoms with van der Waals surface area (Å²) in [4.78, 5) is 26.5. The normalized spacial score (nSPS) is 12.4. The molecule has 0 saturated heterocycles. The summed E-state index contributed by atoms with van der Waals surface area (Å²) in [6.45, 7) is 12.0. The number of carbonyl (C=O) groups excluding carboxylic acids is 1. The molecule has 0 aliphatic heterocycles. The maximum absolute atomic E-state index is 13.6. The Morgan fingerprint density at radius 1 is 0.974 bits per heavy atom. The number of azide groups is 1. The third-order valence-electron chi connectivity index (χ3n) is 6.15. The number of aliphatic carboxylic acids is 1. The molecule has 2 aromatic rings. The summed E-state index contributed by atoms with van der Waals surface area (Å²) in [5.41, 5.74) is 12.1. The molecule has 0 fully saturated rings. The van der Waals surface area contributed by atoms with Crippen molar-refractivity contribution >= 4 is 21.9 Å². The van der Waals surface area contributed by atoms with Gasteiger partial charge in [-0.3, -0.25) is 9.59 Å². The molecule has 0 bridgehead atoms. The van der Waals surface area contributed by atoms with E-state index in [2.05, 4.69) is 33.9 Å². The van der Waals surface area contributed by atoms with Crippen LogP contribution >= 0.6 is 0 Å².